The second-order valence-corrected chi connectivity index (χ2v) is 3.65. The van der Waals surface area contributed by atoms with Crippen LogP contribution in [0.4, 0.5) is 0 Å². The lowest BCUT2D eigenvalue weighted by atomic mass is 10.1. The molecular weight excluding hydrogens is 228 g/mol. The average Bonchev–Trinajstić information content (AvgIpc) is 2.80. The van der Waals surface area contributed by atoms with E-state index in [1.807, 2.05) is 18.2 Å². The van der Waals surface area contributed by atoms with Gasteiger partial charge >= 0.3 is 0 Å². The first-order chi connectivity index (χ1) is 7.81. The molecule has 0 spiro atoms. The number of aromatic nitrogens is 3. The second kappa shape index (κ2) is 5.07. The Morgan fingerprint density at radius 1 is 1.44 bits per heavy atom. The molecule has 2 aromatic rings. The molecule has 6 heteroatoms. The molecule has 16 heavy (non-hydrogen) atoms. The number of benzene rings is 1. The maximum absolute atomic E-state index is 6.14. The third-order valence-corrected chi connectivity index (χ3v) is 2.49. The van der Waals surface area contributed by atoms with E-state index in [9.17, 15) is 0 Å². The molecule has 2 rings (SSSR count). The fourth-order valence-corrected chi connectivity index (χ4v) is 1.69. The first-order valence-electron chi connectivity index (χ1n) is 4.76. The highest BCUT2D eigenvalue weighted by atomic mass is 35.5. The van der Waals surface area contributed by atoms with Gasteiger partial charge in [-0.1, -0.05) is 17.7 Å². The van der Waals surface area contributed by atoms with Crippen molar-refractivity contribution in [3.63, 3.8) is 0 Å². The molecule has 0 aliphatic heterocycles. The van der Waals surface area contributed by atoms with Gasteiger partial charge in [-0.05, 0) is 24.1 Å². The molecule has 0 fully saturated rings. The Balaban J connectivity index is 2.23. The molecule has 0 amide bonds. The molecule has 1 aromatic carbocycles. The number of rotatable bonds is 4. The summed E-state index contributed by atoms with van der Waals surface area (Å²) < 4.78 is 1.62. The van der Waals surface area contributed by atoms with E-state index in [2.05, 4.69) is 14.9 Å². The summed E-state index contributed by atoms with van der Waals surface area (Å²) in [5.41, 5.74) is 1.87. The van der Waals surface area contributed by atoms with Crippen molar-refractivity contribution in [2.75, 3.05) is 6.61 Å². The molecule has 0 atom stereocenters. The van der Waals surface area contributed by atoms with E-state index >= 15 is 0 Å². The van der Waals surface area contributed by atoms with Gasteiger partial charge in [-0.3, -0.25) is 0 Å². The van der Waals surface area contributed by atoms with Crippen LogP contribution in [0.5, 0.6) is 0 Å². The molecule has 0 saturated carbocycles. The first kappa shape index (κ1) is 11.1. The van der Waals surface area contributed by atoms with Gasteiger partial charge in [0.15, 0.2) is 0 Å². The number of hydrogen-bond acceptors (Lipinski definition) is 4. The molecule has 0 aliphatic rings. The van der Waals surface area contributed by atoms with E-state index in [1.54, 1.807) is 11.0 Å². The van der Waals surface area contributed by atoms with Gasteiger partial charge in [-0.25, -0.2) is 15.6 Å². The van der Waals surface area contributed by atoms with Crippen molar-refractivity contribution in [1.29, 1.82) is 0 Å². The Morgan fingerprint density at radius 3 is 2.94 bits per heavy atom. The Labute approximate surface area is 97.8 Å². The largest absolute Gasteiger partial charge is 0.304 e. The van der Waals surface area contributed by atoms with Crippen LogP contribution < -0.4 is 5.90 Å². The molecular formula is C10H11ClN4O. The molecule has 2 N–H and O–H groups in total. The molecule has 0 radical (unpaired) electrons. The van der Waals surface area contributed by atoms with Gasteiger partial charge in [0.2, 0.25) is 0 Å². The summed E-state index contributed by atoms with van der Waals surface area (Å²) in [6.45, 7) is 0.471. The zero-order valence-corrected chi connectivity index (χ0v) is 9.26. The van der Waals surface area contributed by atoms with Crippen LogP contribution in [0.2, 0.25) is 5.02 Å². The van der Waals surface area contributed by atoms with Gasteiger partial charge in [0.1, 0.15) is 12.7 Å². The average molecular weight is 239 g/mol. The highest BCUT2D eigenvalue weighted by Crippen LogP contribution is 2.21. The van der Waals surface area contributed by atoms with Crippen molar-refractivity contribution in [1.82, 2.24) is 14.8 Å². The third kappa shape index (κ3) is 2.38. The molecule has 5 nitrogen and oxygen atoms in total. The molecule has 1 aromatic heterocycles. The molecule has 0 aliphatic carbocycles. The van der Waals surface area contributed by atoms with Crippen LogP contribution in [-0.4, -0.2) is 21.4 Å². The monoisotopic (exact) mass is 238 g/mol. The first-order valence-corrected chi connectivity index (χ1v) is 5.14. The maximum atomic E-state index is 6.14. The van der Waals surface area contributed by atoms with E-state index < -0.39 is 0 Å². The van der Waals surface area contributed by atoms with Crippen molar-refractivity contribution in [2.45, 2.75) is 6.42 Å². The minimum atomic E-state index is 0.471. The lowest BCUT2D eigenvalue weighted by Gasteiger charge is -2.06. The summed E-state index contributed by atoms with van der Waals surface area (Å²) in [7, 11) is 0. The minimum absolute atomic E-state index is 0.471. The summed E-state index contributed by atoms with van der Waals surface area (Å²) >= 11 is 6.14. The van der Waals surface area contributed by atoms with Crippen molar-refractivity contribution in [3.8, 4) is 5.69 Å². The van der Waals surface area contributed by atoms with Crippen LogP contribution in [0, 0.1) is 0 Å². The van der Waals surface area contributed by atoms with E-state index in [0.717, 1.165) is 17.7 Å². The molecule has 0 unspecified atom stereocenters. The van der Waals surface area contributed by atoms with E-state index in [1.165, 1.54) is 6.33 Å². The highest BCUT2D eigenvalue weighted by Gasteiger charge is 2.04. The number of nitrogens with zero attached hydrogens (tertiary/aromatic N) is 3. The predicted molar refractivity (Wildman–Crippen MR) is 60.2 cm³/mol. The van der Waals surface area contributed by atoms with Gasteiger partial charge < -0.3 is 4.84 Å². The Hall–Kier alpha value is -1.43. The van der Waals surface area contributed by atoms with E-state index in [-0.39, 0.29) is 0 Å². The van der Waals surface area contributed by atoms with Crippen molar-refractivity contribution >= 4 is 11.6 Å². The SMILES string of the molecule is NOCCc1ccc(-n2cncn2)c(Cl)c1. The van der Waals surface area contributed by atoms with Gasteiger partial charge in [-0.2, -0.15) is 5.10 Å². The second-order valence-electron chi connectivity index (χ2n) is 3.25. The Morgan fingerprint density at radius 2 is 2.31 bits per heavy atom. The fraction of sp³-hybridized carbons (Fsp3) is 0.200. The van der Waals surface area contributed by atoms with Gasteiger partial charge in [-0.15, -0.1) is 0 Å². The molecule has 1 heterocycles. The van der Waals surface area contributed by atoms with Gasteiger partial charge in [0.25, 0.3) is 0 Å². The number of nitrogens with two attached hydrogens (primary N) is 1. The Bertz CT molecular complexity index is 458. The molecule has 0 saturated heterocycles. The van der Waals surface area contributed by atoms with Gasteiger partial charge in [0, 0.05) is 0 Å². The summed E-state index contributed by atoms with van der Waals surface area (Å²) in [5.74, 6) is 4.97. The number of halogens is 1. The zero-order valence-electron chi connectivity index (χ0n) is 8.51. The molecule has 84 valence electrons. The van der Waals surface area contributed by atoms with E-state index in [4.69, 9.17) is 17.5 Å². The zero-order chi connectivity index (χ0) is 11.4. The summed E-state index contributed by atoms with van der Waals surface area (Å²) in [6, 6.07) is 5.72. The summed E-state index contributed by atoms with van der Waals surface area (Å²) in [5, 5.41) is 4.64. The fourth-order valence-electron chi connectivity index (χ4n) is 1.40. The minimum Gasteiger partial charge on any atom is -0.304 e. The smallest absolute Gasteiger partial charge is 0.138 e. The topological polar surface area (TPSA) is 66.0 Å². The van der Waals surface area contributed by atoms with Gasteiger partial charge in [0.05, 0.1) is 17.3 Å². The Kier molecular flexibility index (Phi) is 3.51. The molecule has 0 bridgehead atoms. The maximum Gasteiger partial charge on any atom is 0.138 e. The van der Waals surface area contributed by atoms with E-state index in [0.29, 0.717) is 11.6 Å². The van der Waals surface area contributed by atoms with Crippen LogP contribution in [0.25, 0.3) is 5.69 Å². The van der Waals surface area contributed by atoms with Crippen molar-refractivity contribution in [3.05, 3.63) is 41.4 Å². The standard InChI is InChI=1S/C10H11ClN4O/c11-9-5-8(3-4-16-12)1-2-10(9)15-7-13-6-14-15/h1-2,5-7H,3-4,12H2. The highest BCUT2D eigenvalue weighted by molar-refractivity contribution is 6.32. The normalized spacial score (nSPS) is 10.6. The lowest BCUT2D eigenvalue weighted by Crippen LogP contribution is -2.04. The van der Waals surface area contributed by atoms with Crippen LogP contribution >= 0.6 is 11.6 Å². The number of hydrogen-bond donors (Lipinski definition) is 1. The van der Waals surface area contributed by atoms with Crippen LogP contribution in [-0.2, 0) is 11.3 Å². The van der Waals surface area contributed by atoms with Crippen LogP contribution in [0.3, 0.4) is 0 Å². The predicted octanol–water partition coefficient (Wildman–Crippen LogP) is 1.35. The third-order valence-electron chi connectivity index (χ3n) is 2.19. The van der Waals surface area contributed by atoms with Crippen LogP contribution in [0.1, 0.15) is 5.56 Å². The van der Waals surface area contributed by atoms with Crippen molar-refractivity contribution < 1.29 is 4.84 Å². The van der Waals surface area contributed by atoms with Crippen molar-refractivity contribution in [2.24, 2.45) is 5.90 Å². The summed E-state index contributed by atoms with van der Waals surface area (Å²) in [4.78, 5) is 8.39. The summed E-state index contributed by atoms with van der Waals surface area (Å²) in [6.07, 6.45) is 3.80. The quantitative estimate of drug-likeness (QED) is 0.817. The van der Waals surface area contributed by atoms with Crippen LogP contribution in [0.15, 0.2) is 30.9 Å². The lowest BCUT2D eigenvalue weighted by molar-refractivity contribution is 0.141.